The molecule has 0 aromatic carbocycles. The quantitative estimate of drug-likeness (QED) is 0.717. The Kier molecular flexibility index (Phi) is 2.65. The summed E-state index contributed by atoms with van der Waals surface area (Å²) in [5, 5.41) is 0. The Morgan fingerprint density at radius 1 is 1.14 bits per heavy atom. The molecular formula is C10H14O3S. The highest BCUT2D eigenvalue weighted by Crippen LogP contribution is 2.42. The first-order chi connectivity index (χ1) is 6.72. The van der Waals surface area contributed by atoms with Crippen molar-refractivity contribution in [1.29, 1.82) is 0 Å². The van der Waals surface area contributed by atoms with E-state index >= 15 is 0 Å². The van der Waals surface area contributed by atoms with Crippen molar-refractivity contribution in [1.82, 2.24) is 0 Å². The van der Waals surface area contributed by atoms with Gasteiger partial charge in [-0.05, 0) is 13.8 Å². The first-order valence-corrected chi connectivity index (χ1v) is 5.42. The number of ether oxygens (including phenoxy) is 3. The van der Waals surface area contributed by atoms with Crippen LogP contribution >= 0.6 is 11.3 Å². The van der Waals surface area contributed by atoms with Gasteiger partial charge in [-0.1, -0.05) is 0 Å². The van der Waals surface area contributed by atoms with Gasteiger partial charge in [0.1, 0.15) is 19.3 Å². The molecule has 2 rings (SSSR count). The molecule has 0 unspecified atom stereocenters. The molecule has 0 atom stereocenters. The van der Waals surface area contributed by atoms with Gasteiger partial charge in [0.05, 0.1) is 0 Å². The Bertz CT molecular complexity index is 304. The van der Waals surface area contributed by atoms with E-state index in [0.717, 1.165) is 11.5 Å². The van der Waals surface area contributed by atoms with Crippen LogP contribution < -0.4 is 9.47 Å². The molecule has 0 aliphatic carbocycles. The molecule has 0 saturated heterocycles. The molecule has 0 spiro atoms. The van der Waals surface area contributed by atoms with E-state index in [9.17, 15) is 0 Å². The zero-order chi connectivity index (χ0) is 10.1. The van der Waals surface area contributed by atoms with Crippen molar-refractivity contribution in [3.8, 4) is 11.5 Å². The maximum absolute atomic E-state index is 5.66. The third-order valence-electron chi connectivity index (χ3n) is 2.31. The SMILES string of the molecule is COC1COc2c(C)sc(C)c2OC1. The van der Waals surface area contributed by atoms with Gasteiger partial charge in [0.2, 0.25) is 0 Å². The summed E-state index contributed by atoms with van der Waals surface area (Å²) in [6, 6.07) is 0. The highest BCUT2D eigenvalue weighted by molar-refractivity contribution is 7.12. The first-order valence-electron chi connectivity index (χ1n) is 4.60. The number of thiophene rings is 1. The van der Waals surface area contributed by atoms with Crippen molar-refractivity contribution >= 4 is 11.3 Å². The van der Waals surface area contributed by atoms with E-state index in [0.29, 0.717) is 13.2 Å². The van der Waals surface area contributed by atoms with E-state index < -0.39 is 0 Å². The van der Waals surface area contributed by atoms with Crippen molar-refractivity contribution in [3.05, 3.63) is 9.75 Å². The molecule has 1 aliphatic heterocycles. The molecule has 1 aliphatic rings. The van der Waals surface area contributed by atoms with Crippen LogP contribution in [0, 0.1) is 13.8 Å². The molecule has 2 heterocycles. The molecule has 3 nitrogen and oxygen atoms in total. The topological polar surface area (TPSA) is 27.7 Å². The van der Waals surface area contributed by atoms with Crippen LogP contribution in [0.25, 0.3) is 0 Å². The van der Waals surface area contributed by atoms with E-state index in [4.69, 9.17) is 14.2 Å². The molecule has 4 heteroatoms. The van der Waals surface area contributed by atoms with Gasteiger partial charge in [0.25, 0.3) is 0 Å². The van der Waals surface area contributed by atoms with Crippen LogP contribution in [0.5, 0.6) is 11.5 Å². The van der Waals surface area contributed by atoms with Crippen molar-refractivity contribution < 1.29 is 14.2 Å². The van der Waals surface area contributed by atoms with Gasteiger partial charge in [0, 0.05) is 16.9 Å². The zero-order valence-electron chi connectivity index (χ0n) is 8.62. The van der Waals surface area contributed by atoms with Crippen LogP contribution in [-0.2, 0) is 4.74 Å². The Morgan fingerprint density at radius 3 is 2.07 bits per heavy atom. The molecule has 1 aromatic heterocycles. The summed E-state index contributed by atoms with van der Waals surface area (Å²) in [4.78, 5) is 2.35. The van der Waals surface area contributed by atoms with Gasteiger partial charge in [-0.2, -0.15) is 0 Å². The second kappa shape index (κ2) is 3.79. The van der Waals surface area contributed by atoms with E-state index in [-0.39, 0.29) is 6.10 Å². The summed E-state index contributed by atoms with van der Waals surface area (Å²) in [7, 11) is 1.68. The standard InChI is InChI=1S/C10H14O3S/c1-6-9-10(7(2)14-6)13-5-8(11-3)4-12-9/h8H,4-5H2,1-3H3. The van der Waals surface area contributed by atoms with Crippen LogP contribution in [0.4, 0.5) is 0 Å². The summed E-state index contributed by atoms with van der Waals surface area (Å²) in [6.07, 6.45) is 0.0335. The summed E-state index contributed by atoms with van der Waals surface area (Å²) in [5.41, 5.74) is 0. The fourth-order valence-corrected chi connectivity index (χ4v) is 2.46. The predicted octanol–water partition coefficient (Wildman–Crippen LogP) is 2.15. The van der Waals surface area contributed by atoms with E-state index in [1.807, 2.05) is 13.8 Å². The second-order valence-corrected chi connectivity index (χ2v) is 4.78. The smallest absolute Gasteiger partial charge is 0.175 e. The zero-order valence-corrected chi connectivity index (χ0v) is 9.44. The van der Waals surface area contributed by atoms with Gasteiger partial charge in [0.15, 0.2) is 11.5 Å². The Labute approximate surface area is 87.6 Å². The summed E-state index contributed by atoms with van der Waals surface area (Å²) in [5.74, 6) is 1.79. The van der Waals surface area contributed by atoms with Crippen molar-refractivity contribution in [2.45, 2.75) is 20.0 Å². The number of hydrogen-bond donors (Lipinski definition) is 0. The lowest BCUT2D eigenvalue weighted by molar-refractivity contribution is 0.0364. The minimum atomic E-state index is 0.0335. The fraction of sp³-hybridized carbons (Fsp3) is 0.600. The van der Waals surface area contributed by atoms with Crippen LogP contribution in [0.3, 0.4) is 0 Å². The van der Waals surface area contributed by atoms with E-state index in [1.54, 1.807) is 18.4 Å². The molecule has 78 valence electrons. The maximum atomic E-state index is 5.66. The Morgan fingerprint density at radius 2 is 1.64 bits per heavy atom. The minimum absolute atomic E-state index is 0.0335. The van der Waals surface area contributed by atoms with Crippen LogP contribution in [0.1, 0.15) is 9.75 Å². The predicted molar refractivity (Wildman–Crippen MR) is 55.6 cm³/mol. The number of methoxy groups -OCH3 is 1. The lowest BCUT2D eigenvalue weighted by Crippen LogP contribution is -2.25. The molecule has 0 bridgehead atoms. The molecule has 0 amide bonds. The second-order valence-electron chi connectivity index (χ2n) is 3.35. The lowest BCUT2D eigenvalue weighted by atomic mass is 10.4. The van der Waals surface area contributed by atoms with Crippen molar-refractivity contribution in [2.75, 3.05) is 20.3 Å². The number of hydrogen-bond acceptors (Lipinski definition) is 4. The Balaban J connectivity index is 2.26. The third-order valence-corrected chi connectivity index (χ3v) is 3.30. The largest absolute Gasteiger partial charge is 0.486 e. The summed E-state index contributed by atoms with van der Waals surface area (Å²) < 4.78 is 16.5. The molecule has 1 aromatic rings. The molecule has 0 N–H and O–H groups in total. The molecule has 14 heavy (non-hydrogen) atoms. The normalized spacial score (nSPS) is 16.8. The number of aryl methyl sites for hydroxylation is 2. The monoisotopic (exact) mass is 214 g/mol. The van der Waals surface area contributed by atoms with Crippen molar-refractivity contribution in [3.63, 3.8) is 0 Å². The molecular weight excluding hydrogens is 200 g/mol. The van der Waals surface area contributed by atoms with Crippen LogP contribution in [0.2, 0.25) is 0 Å². The van der Waals surface area contributed by atoms with Gasteiger partial charge in [-0.3, -0.25) is 0 Å². The molecule has 0 saturated carbocycles. The highest BCUT2D eigenvalue weighted by Gasteiger charge is 2.22. The third kappa shape index (κ3) is 1.60. The Hall–Kier alpha value is -0.740. The lowest BCUT2D eigenvalue weighted by Gasteiger charge is -2.10. The van der Waals surface area contributed by atoms with Crippen molar-refractivity contribution in [2.24, 2.45) is 0 Å². The average Bonchev–Trinajstić information content (AvgIpc) is 2.40. The highest BCUT2D eigenvalue weighted by atomic mass is 32.1. The van der Waals surface area contributed by atoms with Gasteiger partial charge in [-0.25, -0.2) is 0 Å². The first kappa shape index (κ1) is 9.80. The van der Waals surface area contributed by atoms with Gasteiger partial charge >= 0.3 is 0 Å². The van der Waals surface area contributed by atoms with Crippen LogP contribution in [0.15, 0.2) is 0 Å². The average molecular weight is 214 g/mol. The molecule has 0 radical (unpaired) electrons. The van der Waals surface area contributed by atoms with Crippen LogP contribution in [-0.4, -0.2) is 26.4 Å². The van der Waals surface area contributed by atoms with E-state index in [1.165, 1.54) is 9.75 Å². The van der Waals surface area contributed by atoms with Gasteiger partial charge in [-0.15, -0.1) is 11.3 Å². The number of rotatable bonds is 1. The van der Waals surface area contributed by atoms with E-state index in [2.05, 4.69) is 0 Å². The fourth-order valence-electron chi connectivity index (χ4n) is 1.51. The summed E-state index contributed by atoms with van der Waals surface area (Å²) >= 11 is 1.71. The minimum Gasteiger partial charge on any atom is -0.486 e. The number of fused-ring (bicyclic) bond motifs is 1. The van der Waals surface area contributed by atoms with Gasteiger partial charge < -0.3 is 14.2 Å². The summed E-state index contributed by atoms with van der Waals surface area (Å²) in [6.45, 7) is 5.24. The molecule has 0 fully saturated rings. The maximum Gasteiger partial charge on any atom is 0.175 e.